The minimum absolute atomic E-state index is 0.287. The summed E-state index contributed by atoms with van der Waals surface area (Å²) in [6, 6.07) is 9.59. The molecule has 0 atom stereocenters. The van der Waals surface area contributed by atoms with E-state index >= 15 is 0 Å². The number of nitrogens with zero attached hydrogens (tertiary/aromatic N) is 2. The molecule has 1 heterocycles. The first-order valence-electron chi connectivity index (χ1n) is 6.92. The molecule has 0 spiro atoms. The maximum Gasteiger partial charge on any atom is 0.250 e. The lowest BCUT2D eigenvalue weighted by Gasteiger charge is -2.11. The molecule has 1 aromatic heterocycles. The fraction of sp³-hybridized carbons (Fsp3) is 0.250. The zero-order valence-corrected chi connectivity index (χ0v) is 13.4. The molecule has 0 aliphatic rings. The van der Waals surface area contributed by atoms with Crippen molar-refractivity contribution in [2.45, 2.75) is 6.42 Å². The Bertz CT molecular complexity index is 656. The molecule has 0 aliphatic heterocycles. The Hall–Kier alpha value is -2.11. The SMILES string of the molecule is CN(C)CCc1ccc(Nc2ncc(C(N)=O)cc2Cl)cc1. The lowest BCUT2D eigenvalue weighted by Crippen LogP contribution is -2.14. The van der Waals surface area contributed by atoms with E-state index in [2.05, 4.69) is 41.4 Å². The number of primary amides is 1. The van der Waals surface area contributed by atoms with Crippen molar-refractivity contribution in [3.63, 3.8) is 0 Å². The molecule has 0 bridgehead atoms. The number of halogens is 1. The van der Waals surface area contributed by atoms with Gasteiger partial charge in [-0.3, -0.25) is 4.79 Å². The molecule has 0 saturated carbocycles. The normalized spacial score (nSPS) is 10.7. The molecule has 0 saturated heterocycles. The Kier molecular flexibility index (Phi) is 5.35. The van der Waals surface area contributed by atoms with E-state index in [1.165, 1.54) is 17.8 Å². The van der Waals surface area contributed by atoms with Crippen LogP contribution in [0.3, 0.4) is 0 Å². The molecule has 3 N–H and O–H groups in total. The van der Waals surface area contributed by atoms with Crippen LogP contribution in [0.15, 0.2) is 36.5 Å². The largest absolute Gasteiger partial charge is 0.366 e. The van der Waals surface area contributed by atoms with Crippen molar-refractivity contribution >= 4 is 29.0 Å². The number of benzene rings is 1. The predicted molar refractivity (Wildman–Crippen MR) is 89.7 cm³/mol. The van der Waals surface area contributed by atoms with Crippen molar-refractivity contribution < 1.29 is 4.79 Å². The molecule has 1 aromatic carbocycles. The summed E-state index contributed by atoms with van der Waals surface area (Å²) in [5, 5.41) is 3.48. The Morgan fingerprint density at radius 2 is 2.00 bits per heavy atom. The summed E-state index contributed by atoms with van der Waals surface area (Å²) >= 11 is 6.10. The molecule has 5 nitrogen and oxygen atoms in total. The summed E-state index contributed by atoms with van der Waals surface area (Å²) in [6.45, 7) is 1.01. The topological polar surface area (TPSA) is 71.2 Å². The van der Waals surface area contributed by atoms with Crippen molar-refractivity contribution in [2.24, 2.45) is 5.73 Å². The van der Waals surface area contributed by atoms with Gasteiger partial charge in [-0.25, -0.2) is 4.98 Å². The Morgan fingerprint density at radius 1 is 1.32 bits per heavy atom. The van der Waals surface area contributed by atoms with Gasteiger partial charge in [0.25, 0.3) is 0 Å². The number of nitrogens with two attached hydrogens (primary N) is 1. The van der Waals surface area contributed by atoms with E-state index in [9.17, 15) is 4.79 Å². The lowest BCUT2D eigenvalue weighted by atomic mass is 10.1. The molecule has 2 rings (SSSR count). The number of hydrogen-bond donors (Lipinski definition) is 2. The summed E-state index contributed by atoms with van der Waals surface area (Å²) in [6.07, 6.45) is 2.40. The quantitative estimate of drug-likeness (QED) is 0.859. The van der Waals surface area contributed by atoms with Crippen LogP contribution in [-0.4, -0.2) is 36.4 Å². The first-order valence-corrected chi connectivity index (χ1v) is 7.29. The van der Waals surface area contributed by atoms with Gasteiger partial charge in [0.2, 0.25) is 5.91 Å². The average molecular weight is 319 g/mol. The number of pyridine rings is 1. The second-order valence-electron chi connectivity index (χ2n) is 5.29. The molecular weight excluding hydrogens is 300 g/mol. The molecule has 0 aliphatic carbocycles. The smallest absolute Gasteiger partial charge is 0.250 e. The monoisotopic (exact) mass is 318 g/mol. The van der Waals surface area contributed by atoms with Crippen molar-refractivity contribution in [1.29, 1.82) is 0 Å². The average Bonchev–Trinajstić information content (AvgIpc) is 2.48. The summed E-state index contributed by atoms with van der Waals surface area (Å²) in [7, 11) is 4.11. The highest BCUT2D eigenvalue weighted by molar-refractivity contribution is 6.33. The van der Waals surface area contributed by atoms with Crippen LogP contribution in [0.5, 0.6) is 0 Å². The molecule has 0 radical (unpaired) electrons. The standard InChI is InChI=1S/C16H19ClN4O/c1-21(2)8-7-11-3-5-13(6-4-11)20-16-14(17)9-12(10-19-16)15(18)22/h3-6,9-10H,7-8H2,1-2H3,(H2,18,22)(H,19,20). The number of amides is 1. The van der Waals surface area contributed by atoms with Crippen LogP contribution in [0.1, 0.15) is 15.9 Å². The van der Waals surface area contributed by atoms with Crippen LogP contribution in [-0.2, 0) is 6.42 Å². The minimum atomic E-state index is -0.550. The van der Waals surface area contributed by atoms with Gasteiger partial charge in [0.1, 0.15) is 5.82 Å². The van der Waals surface area contributed by atoms with E-state index in [1.54, 1.807) is 0 Å². The van der Waals surface area contributed by atoms with Gasteiger partial charge in [-0.05, 0) is 44.3 Å². The molecule has 1 amide bonds. The molecule has 6 heteroatoms. The number of carbonyl (C=O) groups excluding carboxylic acids is 1. The van der Waals surface area contributed by atoms with Crippen molar-refractivity contribution in [2.75, 3.05) is 26.0 Å². The number of aromatic nitrogens is 1. The van der Waals surface area contributed by atoms with E-state index < -0.39 is 5.91 Å². The number of rotatable bonds is 6. The first kappa shape index (κ1) is 16.3. The van der Waals surface area contributed by atoms with Crippen molar-refractivity contribution in [3.8, 4) is 0 Å². The predicted octanol–water partition coefficient (Wildman–Crippen LogP) is 2.68. The first-order chi connectivity index (χ1) is 10.5. The molecule has 22 heavy (non-hydrogen) atoms. The van der Waals surface area contributed by atoms with Crippen LogP contribution in [0.25, 0.3) is 0 Å². The van der Waals surface area contributed by atoms with Gasteiger partial charge < -0.3 is 16.0 Å². The third-order valence-electron chi connectivity index (χ3n) is 3.19. The highest BCUT2D eigenvalue weighted by atomic mass is 35.5. The second kappa shape index (κ2) is 7.24. The van der Waals surface area contributed by atoms with Gasteiger partial charge in [-0.2, -0.15) is 0 Å². The van der Waals surface area contributed by atoms with Crippen molar-refractivity contribution in [1.82, 2.24) is 9.88 Å². The summed E-state index contributed by atoms with van der Waals surface area (Å²) in [5.41, 5.74) is 7.63. The number of carbonyl (C=O) groups is 1. The van der Waals surface area contributed by atoms with Gasteiger partial charge >= 0.3 is 0 Å². The van der Waals surface area contributed by atoms with Crippen LogP contribution in [0.2, 0.25) is 5.02 Å². The number of hydrogen-bond acceptors (Lipinski definition) is 4. The fourth-order valence-corrected chi connectivity index (χ4v) is 2.12. The van der Waals surface area contributed by atoms with Crippen LogP contribution < -0.4 is 11.1 Å². The molecule has 0 fully saturated rings. The van der Waals surface area contributed by atoms with E-state index in [1.807, 2.05) is 12.1 Å². The summed E-state index contributed by atoms with van der Waals surface area (Å²) in [4.78, 5) is 17.3. The number of likely N-dealkylation sites (N-methyl/N-ethyl adjacent to an activating group) is 1. The third kappa shape index (κ3) is 4.44. The van der Waals surface area contributed by atoms with Crippen molar-refractivity contribution in [3.05, 3.63) is 52.7 Å². The number of nitrogens with one attached hydrogen (secondary N) is 1. The summed E-state index contributed by atoms with van der Waals surface area (Å²) in [5.74, 6) is -0.0566. The van der Waals surface area contributed by atoms with Gasteiger partial charge in [0.05, 0.1) is 10.6 Å². The maximum absolute atomic E-state index is 11.1. The Balaban J connectivity index is 2.06. The zero-order chi connectivity index (χ0) is 16.1. The Morgan fingerprint density at radius 3 is 2.55 bits per heavy atom. The fourth-order valence-electron chi connectivity index (χ4n) is 1.91. The maximum atomic E-state index is 11.1. The highest BCUT2D eigenvalue weighted by Crippen LogP contribution is 2.24. The third-order valence-corrected chi connectivity index (χ3v) is 3.48. The van der Waals surface area contributed by atoms with E-state index in [-0.39, 0.29) is 5.56 Å². The minimum Gasteiger partial charge on any atom is -0.366 e. The van der Waals surface area contributed by atoms with Crippen LogP contribution >= 0.6 is 11.6 Å². The van der Waals surface area contributed by atoms with E-state index in [4.69, 9.17) is 17.3 Å². The zero-order valence-electron chi connectivity index (χ0n) is 12.6. The number of anilines is 2. The molecule has 0 unspecified atom stereocenters. The molecular formula is C16H19ClN4O. The summed E-state index contributed by atoms with van der Waals surface area (Å²) < 4.78 is 0. The van der Waals surface area contributed by atoms with Gasteiger partial charge in [0.15, 0.2) is 0 Å². The van der Waals surface area contributed by atoms with E-state index in [0.29, 0.717) is 10.8 Å². The van der Waals surface area contributed by atoms with E-state index in [0.717, 1.165) is 18.7 Å². The van der Waals surface area contributed by atoms with Crippen LogP contribution in [0.4, 0.5) is 11.5 Å². The van der Waals surface area contributed by atoms with Gasteiger partial charge in [-0.1, -0.05) is 23.7 Å². The Labute approximate surface area is 135 Å². The highest BCUT2D eigenvalue weighted by Gasteiger charge is 2.07. The lowest BCUT2D eigenvalue weighted by molar-refractivity contribution is 0.1000. The van der Waals surface area contributed by atoms with Gasteiger partial charge in [-0.15, -0.1) is 0 Å². The molecule has 116 valence electrons. The second-order valence-corrected chi connectivity index (χ2v) is 5.70. The van der Waals surface area contributed by atoms with Gasteiger partial charge in [0, 0.05) is 18.4 Å². The molecule has 2 aromatic rings. The van der Waals surface area contributed by atoms with Crippen LogP contribution in [0, 0.1) is 0 Å².